The summed E-state index contributed by atoms with van der Waals surface area (Å²) in [6.45, 7) is 4.82. The summed E-state index contributed by atoms with van der Waals surface area (Å²) < 4.78 is 5.22. The van der Waals surface area contributed by atoms with E-state index in [1.54, 1.807) is 6.07 Å². The van der Waals surface area contributed by atoms with Crippen molar-refractivity contribution in [3.8, 4) is 11.9 Å². The van der Waals surface area contributed by atoms with Crippen LogP contribution in [-0.2, 0) is 0 Å². The molecule has 1 N–H and O–H groups in total. The molecule has 18 heavy (non-hydrogen) atoms. The van der Waals surface area contributed by atoms with Crippen molar-refractivity contribution in [3.05, 3.63) is 27.9 Å². The number of nitrogens with one attached hydrogen (secondary N) is 1. The molecule has 0 aliphatic carbocycles. The molecule has 0 radical (unpaired) electrons. The van der Waals surface area contributed by atoms with Crippen LogP contribution in [0.1, 0.15) is 19.4 Å². The first-order chi connectivity index (χ1) is 8.54. The van der Waals surface area contributed by atoms with Crippen LogP contribution in [-0.4, -0.2) is 29.1 Å². The summed E-state index contributed by atoms with van der Waals surface area (Å²) in [4.78, 5) is 14.0. The van der Waals surface area contributed by atoms with Crippen molar-refractivity contribution in [2.75, 3.05) is 13.2 Å². The van der Waals surface area contributed by atoms with Crippen molar-refractivity contribution < 1.29 is 9.66 Å². The summed E-state index contributed by atoms with van der Waals surface area (Å²) in [6.07, 6.45) is 1.25. The van der Waals surface area contributed by atoms with Crippen molar-refractivity contribution in [3.63, 3.8) is 0 Å². The predicted octanol–water partition coefficient (Wildman–Crippen LogP) is 1.24. The van der Waals surface area contributed by atoms with Gasteiger partial charge >= 0.3 is 5.69 Å². The maximum absolute atomic E-state index is 10.8. The summed E-state index contributed by atoms with van der Waals surface area (Å²) in [6, 6.07) is 3.26. The van der Waals surface area contributed by atoms with E-state index in [4.69, 9.17) is 10.00 Å². The van der Waals surface area contributed by atoms with Gasteiger partial charge in [-0.1, -0.05) is 13.8 Å². The third-order valence-corrected chi connectivity index (χ3v) is 2.05. The topological polar surface area (TPSA) is 101 Å². The van der Waals surface area contributed by atoms with Crippen LogP contribution < -0.4 is 10.1 Å². The molecule has 0 atom stereocenters. The van der Waals surface area contributed by atoms with Crippen LogP contribution in [0.4, 0.5) is 5.69 Å². The molecule has 0 aliphatic heterocycles. The number of hydrogen-bond donors (Lipinski definition) is 1. The molecule has 0 fully saturated rings. The van der Waals surface area contributed by atoms with Gasteiger partial charge in [-0.25, -0.2) is 4.98 Å². The average Bonchev–Trinajstić information content (AvgIpc) is 2.34. The van der Waals surface area contributed by atoms with Crippen molar-refractivity contribution in [1.82, 2.24) is 10.3 Å². The van der Waals surface area contributed by atoms with Gasteiger partial charge < -0.3 is 10.1 Å². The minimum Gasteiger partial charge on any atom is -0.471 e. The lowest BCUT2D eigenvalue weighted by Gasteiger charge is -2.09. The van der Waals surface area contributed by atoms with Gasteiger partial charge in [-0.2, -0.15) is 5.26 Å². The summed E-state index contributed by atoms with van der Waals surface area (Å²) in [5.41, 5.74) is -0.159. The number of nitrogens with zero attached hydrogens (tertiary/aromatic N) is 3. The number of pyridine rings is 1. The Labute approximate surface area is 105 Å². The van der Waals surface area contributed by atoms with E-state index in [1.807, 2.05) is 13.8 Å². The largest absolute Gasteiger partial charge is 0.471 e. The van der Waals surface area contributed by atoms with E-state index in [9.17, 15) is 10.1 Å². The fourth-order valence-corrected chi connectivity index (χ4v) is 1.24. The van der Waals surface area contributed by atoms with Gasteiger partial charge in [0.1, 0.15) is 12.7 Å². The Kier molecular flexibility index (Phi) is 5.02. The van der Waals surface area contributed by atoms with Gasteiger partial charge in [0.25, 0.3) is 5.88 Å². The molecule has 0 aliphatic rings. The number of ether oxygens (including phenoxy) is 1. The lowest BCUT2D eigenvalue weighted by Crippen LogP contribution is -2.27. The first-order valence-corrected chi connectivity index (χ1v) is 5.45. The lowest BCUT2D eigenvalue weighted by atomic mass is 10.3. The van der Waals surface area contributed by atoms with Crippen LogP contribution in [0.5, 0.6) is 5.88 Å². The van der Waals surface area contributed by atoms with Crippen LogP contribution in [0.2, 0.25) is 0 Å². The first kappa shape index (κ1) is 13.9. The second kappa shape index (κ2) is 6.51. The second-order valence-electron chi connectivity index (χ2n) is 3.87. The highest BCUT2D eigenvalue weighted by molar-refractivity contribution is 5.46. The summed E-state index contributed by atoms with van der Waals surface area (Å²) in [7, 11) is 0. The number of rotatable bonds is 6. The fourth-order valence-electron chi connectivity index (χ4n) is 1.24. The Morgan fingerprint density at radius 1 is 1.67 bits per heavy atom. The van der Waals surface area contributed by atoms with Gasteiger partial charge in [0.05, 0.1) is 10.5 Å². The Morgan fingerprint density at radius 3 is 2.94 bits per heavy atom. The molecule has 1 heterocycles. The van der Waals surface area contributed by atoms with Crippen LogP contribution in [0.25, 0.3) is 0 Å². The predicted molar refractivity (Wildman–Crippen MR) is 64.2 cm³/mol. The maximum Gasteiger partial charge on any atom is 0.332 e. The van der Waals surface area contributed by atoms with Crippen LogP contribution in [0.3, 0.4) is 0 Å². The van der Waals surface area contributed by atoms with Gasteiger partial charge in [-0.05, 0) is 0 Å². The van der Waals surface area contributed by atoms with Gasteiger partial charge in [0.2, 0.25) is 0 Å². The van der Waals surface area contributed by atoms with E-state index < -0.39 is 4.92 Å². The van der Waals surface area contributed by atoms with E-state index in [2.05, 4.69) is 10.3 Å². The summed E-state index contributed by atoms with van der Waals surface area (Å²) >= 11 is 0. The van der Waals surface area contributed by atoms with Gasteiger partial charge in [0.15, 0.2) is 0 Å². The van der Waals surface area contributed by atoms with Crippen molar-refractivity contribution in [1.29, 1.82) is 5.26 Å². The lowest BCUT2D eigenvalue weighted by molar-refractivity contribution is -0.386. The monoisotopic (exact) mass is 250 g/mol. The average molecular weight is 250 g/mol. The van der Waals surface area contributed by atoms with Crippen LogP contribution >= 0.6 is 0 Å². The number of hydrogen-bond acceptors (Lipinski definition) is 6. The highest BCUT2D eigenvalue weighted by atomic mass is 16.6. The number of nitro groups is 1. The van der Waals surface area contributed by atoms with Crippen molar-refractivity contribution in [2.45, 2.75) is 19.9 Å². The minimum atomic E-state index is -0.612. The molecule has 1 rings (SSSR count). The third kappa shape index (κ3) is 3.99. The quantitative estimate of drug-likeness (QED) is 0.463. The maximum atomic E-state index is 10.8. The third-order valence-electron chi connectivity index (χ3n) is 2.05. The zero-order valence-corrected chi connectivity index (χ0v) is 10.2. The molecule has 7 heteroatoms. The molecule has 0 spiro atoms. The molecular formula is C11H14N4O3. The Morgan fingerprint density at radius 2 is 2.39 bits per heavy atom. The molecule has 96 valence electrons. The minimum absolute atomic E-state index is 0.0652. The smallest absolute Gasteiger partial charge is 0.332 e. The van der Waals surface area contributed by atoms with Crippen LogP contribution in [0, 0.1) is 21.4 Å². The van der Waals surface area contributed by atoms with Crippen LogP contribution in [0.15, 0.2) is 12.3 Å². The van der Waals surface area contributed by atoms with Gasteiger partial charge in [-0.15, -0.1) is 0 Å². The van der Waals surface area contributed by atoms with Gasteiger partial charge in [0, 0.05) is 24.8 Å². The Balaban J connectivity index is 2.70. The number of aromatic nitrogens is 1. The molecule has 1 aromatic heterocycles. The van der Waals surface area contributed by atoms with Crippen molar-refractivity contribution in [2.24, 2.45) is 0 Å². The highest BCUT2D eigenvalue weighted by Crippen LogP contribution is 2.24. The first-order valence-electron chi connectivity index (χ1n) is 5.45. The summed E-state index contributed by atoms with van der Waals surface area (Å²) in [5, 5.41) is 22.5. The second-order valence-corrected chi connectivity index (χ2v) is 3.87. The highest BCUT2D eigenvalue weighted by Gasteiger charge is 2.17. The SMILES string of the molecule is CC(C)NCCOc1ncc(C#N)cc1[N+](=O)[O-]. The molecule has 0 amide bonds. The molecule has 0 unspecified atom stereocenters. The molecule has 7 nitrogen and oxygen atoms in total. The van der Waals surface area contributed by atoms with Gasteiger partial charge in [-0.3, -0.25) is 10.1 Å². The van der Waals surface area contributed by atoms with Crippen molar-refractivity contribution >= 4 is 5.69 Å². The molecule has 0 aromatic carbocycles. The standard InChI is InChI=1S/C11H14N4O3/c1-8(2)13-3-4-18-11-10(15(16)17)5-9(6-12)7-14-11/h5,7-8,13H,3-4H2,1-2H3. The molecule has 0 bridgehead atoms. The normalized spacial score (nSPS) is 10.1. The Hall–Kier alpha value is -2.20. The van der Waals surface area contributed by atoms with E-state index in [-0.39, 0.29) is 23.7 Å². The molecule has 0 saturated heterocycles. The van der Waals surface area contributed by atoms with E-state index in [0.717, 1.165) is 6.07 Å². The fraction of sp³-hybridized carbons (Fsp3) is 0.455. The van der Waals surface area contributed by atoms with E-state index in [0.29, 0.717) is 12.6 Å². The molecular weight excluding hydrogens is 236 g/mol. The zero-order valence-electron chi connectivity index (χ0n) is 10.2. The summed E-state index contributed by atoms with van der Waals surface area (Å²) in [5.74, 6) is -0.0652. The molecule has 0 saturated carbocycles. The zero-order chi connectivity index (χ0) is 13.5. The number of nitriles is 1. The van der Waals surface area contributed by atoms with E-state index >= 15 is 0 Å². The molecule has 1 aromatic rings. The Bertz CT molecular complexity index is 468. The van der Waals surface area contributed by atoms with E-state index in [1.165, 1.54) is 6.20 Å².